The second-order valence-electron chi connectivity index (χ2n) is 5.35. The summed E-state index contributed by atoms with van der Waals surface area (Å²) in [6.07, 6.45) is 12.9. The maximum absolute atomic E-state index is 11.4. The number of hydrogen-bond acceptors (Lipinski definition) is 2. The monoisotopic (exact) mass is 271 g/mol. The molecule has 0 saturated carbocycles. The number of carbonyl (C=O) groups is 1. The zero-order valence-corrected chi connectivity index (χ0v) is 13.2. The molecule has 3 heteroatoms. The van der Waals surface area contributed by atoms with Crippen molar-refractivity contribution in [3.05, 3.63) is 0 Å². The second-order valence-corrected chi connectivity index (χ2v) is 5.35. The van der Waals surface area contributed by atoms with Crippen molar-refractivity contribution in [2.45, 2.75) is 84.2 Å². The third-order valence-electron chi connectivity index (χ3n) is 3.55. The number of rotatable bonds is 13. The molecular formula is C16H33NO2. The number of carbonyl (C=O) groups excluding carboxylic acids is 1. The fourth-order valence-electron chi connectivity index (χ4n) is 2.07. The van der Waals surface area contributed by atoms with Crippen molar-refractivity contribution in [1.82, 2.24) is 5.32 Å². The molecule has 19 heavy (non-hydrogen) atoms. The zero-order chi connectivity index (χ0) is 14.3. The van der Waals surface area contributed by atoms with Gasteiger partial charge in [-0.25, -0.2) is 0 Å². The van der Waals surface area contributed by atoms with Crippen LogP contribution in [0.5, 0.6) is 0 Å². The third-order valence-corrected chi connectivity index (χ3v) is 3.55. The van der Waals surface area contributed by atoms with Crippen molar-refractivity contribution in [1.29, 1.82) is 0 Å². The lowest BCUT2D eigenvalue weighted by molar-refractivity contribution is -0.130. The Hall–Kier alpha value is -0.570. The smallest absolute Gasteiger partial charge is 0.248 e. The van der Waals surface area contributed by atoms with Crippen LogP contribution in [-0.2, 0) is 9.53 Å². The molecule has 1 unspecified atom stereocenters. The molecule has 0 rings (SSSR count). The van der Waals surface area contributed by atoms with Crippen LogP contribution >= 0.6 is 0 Å². The van der Waals surface area contributed by atoms with Crippen molar-refractivity contribution in [3.8, 4) is 0 Å². The van der Waals surface area contributed by atoms with E-state index < -0.39 is 0 Å². The van der Waals surface area contributed by atoms with Crippen LogP contribution in [0.4, 0.5) is 0 Å². The Balaban J connectivity index is 3.13. The largest absolute Gasteiger partial charge is 0.372 e. The van der Waals surface area contributed by atoms with Crippen molar-refractivity contribution in [3.63, 3.8) is 0 Å². The number of amides is 1. The van der Waals surface area contributed by atoms with Crippen molar-refractivity contribution >= 4 is 5.91 Å². The number of hydrogen-bond donors (Lipinski definition) is 1. The standard InChI is InChI=1S/C16H33NO2/c1-4-5-6-7-8-9-10-11-12-13-14-17-16(18)15(2)19-3/h15H,4-14H2,1-3H3,(H,17,18). The van der Waals surface area contributed by atoms with E-state index in [9.17, 15) is 4.79 Å². The van der Waals surface area contributed by atoms with E-state index in [-0.39, 0.29) is 12.0 Å². The Morgan fingerprint density at radius 1 is 0.947 bits per heavy atom. The number of nitrogens with one attached hydrogen (secondary N) is 1. The minimum atomic E-state index is -0.330. The van der Waals surface area contributed by atoms with Crippen LogP contribution in [0.15, 0.2) is 0 Å². The average Bonchev–Trinajstić information content (AvgIpc) is 2.43. The fraction of sp³-hybridized carbons (Fsp3) is 0.938. The summed E-state index contributed by atoms with van der Waals surface area (Å²) in [6.45, 7) is 4.81. The second kappa shape index (κ2) is 13.9. The van der Waals surface area contributed by atoms with Crippen molar-refractivity contribution < 1.29 is 9.53 Å². The van der Waals surface area contributed by atoms with Gasteiger partial charge in [-0.05, 0) is 13.3 Å². The molecule has 1 atom stereocenters. The first kappa shape index (κ1) is 18.4. The van der Waals surface area contributed by atoms with Gasteiger partial charge in [0.1, 0.15) is 6.10 Å². The van der Waals surface area contributed by atoms with E-state index in [2.05, 4.69) is 12.2 Å². The molecule has 0 aromatic carbocycles. The van der Waals surface area contributed by atoms with Crippen molar-refractivity contribution in [2.75, 3.05) is 13.7 Å². The molecule has 1 N–H and O–H groups in total. The number of unbranched alkanes of at least 4 members (excludes halogenated alkanes) is 9. The van der Waals surface area contributed by atoms with Crippen LogP contribution in [0.1, 0.15) is 78.1 Å². The topological polar surface area (TPSA) is 38.3 Å². The normalized spacial score (nSPS) is 12.4. The maximum atomic E-state index is 11.4. The maximum Gasteiger partial charge on any atom is 0.248 e. The molecule has 0 heterocycles. The lowest BCUT2D eigenvalue weighted by Crippen LogP contribution is -2.34. The van der Waals surface area contributed by atoms with Gasteiger partial charge in [0.15, 0.2) is 0 Å². The summed E-state index contributed by atoms with van der Waals surface area (Å²) < 4.78 is 4.95. The minimum absolute atomic E-state index is 0.00146. The molecule has 0 fully saturated rings. The SMILES string of the molecule is CCCCCCCCCCCCNC(=O)C(C)OC. The Bertz CT molecular complexity index is 207. The van der Waals surface area contributed by atoms with Gasteiger partial charge in [0.05, 0.1) is 0 Å². The highest BCUT2D eigenvalue weighted by atomic mass is 16.5. The van der Waals surface area contributed by atoms with E-state index in [1.165, 1.54) is 57.8 Å². The minimum Gasteiger partial charge on any atom is -0.372 e. The van der Waals surface area contributed by atoms with Gasteiger partial charge < -0.3 is 10.1 Å². The Morgan fingerprint density at radius 3 is 1.89 bits per heavy atom. The first-order chi connectivity index (χ1) is 9.22. The van der Waals surface area contributed by atoms with E-state index in [0.29, 0.717) is 0 Å². The summed E-state index contributed by atoms with van der Waals surface area (Å²) in [4.78, 5) is 11.4. The molecular weight excluding hydrogens is 238 g/mol. The highest BCUT2D eigenvalue weighted by molar-refractivity contribution is 5.80. The van der Waals surface area contributed by atoms with Crippen LogP contribution < -0.4 is 5.32 Å². The first-order valence-electron chi connectivity index (χ1n) is 8.02. The predicted molar refractivity (Wildman–Crippen MR) is 81.3 cm³/mol. The fourth-order valence-corrected chi connectivity index (χ4v) is 2.07. The summed E-state index contributed by atoms with van der Waals surface area (Å²) in [5, 5.41) is 2.89. The van der Waals surface area contributed by atoms with Gasteiger partial charge in [-0.1, -0.05) is 64.7 Å². The molecule has 3 nitrogen and oxygen atoms in total. The van der Waals surface area contributed by atoms with Crippen LogP contribution in [0.25, 0.3) is 0 Å². The quantitative estimate of drug-likeness (QED) is 0.513. The first-order valence-corrected chi connectivity index (χ1v) is 8.02. The molecule has 1 amide bonds. The molecule has 0 radical (unpaired) electrons. The summed E-state index contributed by atoms with van der Waals surface area (Å²) >= 11 is 0. The molecule has 0 aliphatic carbocycles. The lowest BCUT2D eigenvalue weighted by atomic mass is 10.1. The van der Waals surface area contributed by atoms with Crippen LogP contribution in [0.3, 0.4) is 0 Å². The van der Waals surface area contributed by atoms with Crippen molar-refractivity contribution in [2.24, 2.45) is 0 Å². The lowest BCUT2D eigenvalue weighted by Gasteiger charge is -2.10. The van der Waals surface area contributed by atoms with Crippen LogP contribution in [0.2, 0.25) is 0 Å². The molecule has 0 aliphatic rings. The summed E-state index contributed by atoms with van der Waals surface area (Å²) in [5.74, 6) is -0.00146. The highest BCUT2D eigenvalue weighted by Gasteiger charge is 2.09. The molecule has 0 aromatic rings. The van der Waals surface area contributed by atoms with Gasteiger partial charge in [-0.3, -0.25) is 4.79 Å². The molecule has 0 saturated heterocycles. The van der Waals surface area contributed by atoms with Gasteiger partial charge in [0.2, 0.25) is 5.91 Å². The number of methoxy groups -OCH3 is 1. The zero-order valence-electron chi connectivity index (χ0n) is 13.2. The third kappa shape index (κ3) is 12.2. The van der Waals surface area contributed by atoms with Gasteiger partial charge in [0, 0.05) is 13.7 Å². The molecule has 0 spiro atoms. The molecule has 0 aliphatic heterocycles. The van der Waals surface area contributed by atoms with Crippen LogP contribution in [0, 0.1) is 0 Å². The van der Waals surface area contributed by atoms with E-state index >= 15 is 0 Å². The van der Waals surface area contributed by atoms with Gasteiger partial charge in [-0.15, -0.1) is 0 Å². The molecule has 114 valence electrons. The Kier molecular flexibility index (Phi) is 13.4. The Morgan fingerprint density at radius 2 is 1.42 bits per heavy atom. The van der Waals surface area contributed by atoms with E-state index in [1.807, 2.05) is 0 Å². The summed E-state index contributed by atoms with van der Waals surface area (Å²) in [5.41, 5.74) is 0. The summed E-state index contributed by atoms with van der Waals surface area (Å²) in [6, 6.07) is 0. The molecule has 0 bridgehead atoms. The van der Waals surface area contributed by atoms with Gasteiger partial charge in [-0.2, -0.15) is 0 Å². The van der Waals surface area contributed by atoms with Gasteiger partial charge >= 0.3 is 0 Å². The summed E-state index contributed by atoms with van der Waals surface area (Å²) in [7, 11) is 1.56. The average molecular weight is 271 g/mol. The predicted octanol–water partition coefficient (Wildman–Crippen LogP) is 4.06. The van der Waals surface area contributed by atoms with E-state index in [4.69, 9.17) is 4.74 Å². The van der Waals surface area contributed by atoms with E-state index in [0.717, 1.165) is 13.0 Å². The van der Waals surface area contributed by atoms with Gasteiger partial charge in [0.25, 0.3) is 0 Å². The Labute approximate surface area is 119 Å². The molecule has 0 aromatic heterocycles. The van der Waals surface area contributed by atoms with E-state index in [1.54, 1.807) is 14.0 Å². The highest BCUT2D eigenvalue weighted by Crippen LogP contribution is 2.10. The van der Waals surface area contributed by atoms with Crippen LogP contribution in [-0.4, -0.2) is 25.7 Å². The number of ether oxygens (including phenoxy) is 1.